The number of anilines is 1. The Morgan fingerprint density at radius 3 is 2.62 bits per heavy atom. The highest BCUT2D eigenvalue weighted by atomic mass is 79.9. The second-order valence-corrected chi connectivity index (χ2v) is 9.33. The normalized spacial score (nSPS) is 11.5. The molecule has 0 fully saturated rings. The van der Waals surface area contributed by atoms with Crippen LogP contribution in [-0.4, -0.2) is 30.1 Å². The quantitative estimate of drug-likeness (QED) is 0.431. The molecule has 2 heterocycles. The number of rotatable bonds is 5. The van der Waals surface area contributed by atoms with Crippen LogP contribution in [0.2, 0.25) is 0 Å². The molecule has 0 bridgehead atoms. The molecule has 0 aliphatic heterocycles. The first-order valence-electron chi connectivity index (χ1n) is 9.21. The Hall–Kier alpha value is -3.31. The molecule has 0 aliphatic rings. The van der Waals surface area contributed by atoms with Crippen molar-refractivity contribution in [3.8, 4) is 11.4 Å². The van der Waals surface area contributed by atoms with E-state index in [1.165, 1.54) is 60.3 Å². The Kier molecular flexibility index (Phi) is 5.70. The van der Waals surface area contributed by atoms with Gasteiger partial charge in [-0.1, -0.05) is 0 Å². The highest BCUT2D eigenvalue weighted by Gasteiger charge is 2.19. The fourth-order valence-corrected chi connectivity index (χ4v) is 4.48. The number of hydrogen-bond acceptors (Lipinski definition) is 6. The molecule has 0 aliphatic carbocycles. The third-order valence-electron chi connectivity index (χ3n) is 4.66. The molecule has 2 aromatic heterocycles. The van der Waals surface area contributed by atoms with Gasteiger partial charge in [0.05, 0.1) is 27.7 Å². The lowest BCUT2D eigenvalue weighted by molar-refractivity contribution is 0.411. The van der Waals surface area contributed by atoms with Crippen molar-refractivity contribution in [2.45, 2.75) is 11.8 Å². The van der Waals surface area contributed by atoms with Crippen molar-refractivity contribution in [1.29, 1.82) is 0 Å². The standard InChI is InChI=1S/C21H16BrFN4O4S/c1-12-7-8-24-21(25-12)26-32(29,30)14-4-5-17-13(9-14)3-6-20(28)27(17)18-11-16(23)15(22)10-19(18)31-2/h3-11H,1-2H3,(H,24,25,26). The number of nitrogens with one attached hydrogen (secondary N) is 1. The van der Waals surface area contributed by atoms with Gasteiger partial charge in [0.15, 0.2) is 0 Å². The summed E-state index contributed by atoms with van der Waals surface area (Å²) < 4.78 is 49.0. The van der Waals surface area contributed by atoms with Crippen molar-refractivity contribution in [3.63, 3.8) is 0 Å². The minimum absolute atomic E-state index is 0.0470. The third kappa shape index (κ3) is 4.08. The van der Waals surface area contributed by atoms with Gasteiger partial charge in [0.25, 0.3) is 15.6 Å². The molecule has 164 valence electrons. The molecule has 0 radical (unpaired) electrons. The summed E-state index contributed by atoms with van der Waals surface area (Å²) in [6, 6.07) is 11.2. The summed E-state index contributed by atoms with van der Waals surface area (Å²) in [5, 5.41) is 0.447. The van der Waals surface area contributed by atoms with Crippen molar-refractivity contribution in [2.75, 3.05) is 11.8 Å². The van der Waals surface area contributed by atoms with E-state index in [2.05, 4.69) is 30.6 Å². The van der Waals surface area contributed by atoms with Crippen molar-refractivity contribution in [1.82, 2.24) is 14.5 Å². The zero-order chi connectivity index (χ0) is 23.0. The predicted molar refractivity (Wildman–Crippen MR) is 121 cm³/mol. The first kappa shape index (κ1) is 21.9. The fourth-order valence-electron chi connectivity index (χ4n) is 3.17. The van der Waals surface area contributed by atoms with E-state index in [1.54, 1.807) is 13.0 Å². The van der Waals surface area contributed by atoms with Crippen molar-refractivity contribution >= 4 is 42.8 Å². The molecule has 0 amide bonds. The smallest absolute Gasteiger partial charge is 0.264 e. The number of aryl methyl sites for hydroxylation is 1. The van der Waals surface area contributed by atoms with Crippen LogP contribution in [0.1, 0.15) is 5.69 Å². The van der Waals surface area contributed by atoms with Crippen LogP contribution in [0.4, 0.5) is 10.3 Å². The lowest BCUT2D eigenvalue weighted by atomic mass is 10.2. The van der Waals surface area contributed by atoms with Gasteiger partial charge in [-0.25, -0.2) is 27.5 Å². The molecule has 2 aromatic carbocycles. The first-order valence-corrected chi connectivity index (χ1v) is 11.5. The van der Waals surface area contributed by atoms with E-state index in [-0.39, 0.29) is 26.8 Å². The van der Waals surface area contributed by atoms with E-state index in [4.69, 9.17) is 4.74 Å². The summed E-state index contributed by atoms with van der Waals surface area (Å²) in [7, 11) is -2.58. The molecule has 1 N–H and O–H groups in total. The van der Waals surface area contributed by atoms with Gasteiger partial charge in [0, 0.05) is 29.4 Å². The number of ether oxygens (including phenoxy) is 1. The Balaban J connectivity index is 1.85. The molecule has 0 saturated heterocycles. The average Bonchev–Trinajstić information content (AvgIpc) is 2.75. The van der Waals surface area contributed by atoms with Crippen molar-refractivity contribution in [2.24, 2.45) is 0 Å². The van der Waals surface area contributed by atoms with Crippen LogP contribution in [0.5, 0.6) is 5.75 Å². The number of methoxy groups -OCH3 is 1. The van der Waals surface area contributed by atoms with Gasteiger partial charge in [-0.3, -0.25) is 9.36 Å². The molecule has 32 heavy (non-hydrogen) atoms. The fraction of sp³-hybridized carbons (Fsp3) is 0.0952. The monoisotopic (exact) mass is 518 g/mol. The van der Waals surface area contributed by atoms with Gasteiger partial charge >= 0.3 is 0 Å². The van der Waals surface area contributed by atoms with Crippen LogP contribution in [0, 0.1) is 12.7 Å². The van der Waals surface area contributed by atoms with Crippen LogP contribution in [0.3, 0.4) is 0 Å². The maximum atomic E-state index is 14.3. The van der Waals surface area contributed by atoms with Gasteiger partial charge in [-0.05, 0) is 59.3 Å². The third-order valence-corrected chi connectivity index (χ3v) is 6.59. The summed E-state index contributed by atoms with van der Waals surface area (Å²) >= 11 is 3.10. The lowest BCUT2D eigenvalue weighted by Crippen LogP contribution is -2.19. The van der Waals surface area contributed by atoms with E-state index in [0.29, 0.717) is 16.6 Å². The second kappa shape index (κ2) is 8.32. The summed E-state index contributed by atoms with van der Waals surface area (Å²) in [6.07, 6.45) is 1.45. The summed E-state index contributed by atoms with van der Waals surface area (Å²) in [4.78, 5) is 20.6. The Morgan fingerprint density at radius 1 is 1.12 bits per heavy atom. The average molecular weight is 519 g/mol. The van der Waals surface area contributed by atoms with Crippen LogP contribution < -0.4 is 15.0 Å². The maximum absolute atomic E-state index is 14.3. The molecular formula is C21H16BrFN4O4S. The molecule has 8 nitrogen and oxygen atoms in total. The Labute approximate surface area is 190 Å². The SMILES string of the molecule is COc1cc(Br)c(F)cc1-n1c(=O)ccc2cc(S(=O)(=O)Nc3nccc(C)n3)ccc21. The topological polar surface area (TPSA) is 103 Å². The van der Waals surface area contributed by atoms with Crippen LogP contribution in [0.15, 0.2) is 68.9 Å². The number of pyridine rings is 1. The number of hydrogen-bond donors (Lipinski definition) is 1. The largest absolute Gasteiger partial charge is 0.495 e. The minimum atomic E-state index is -3.99. The number of halogens is 2. The summed E-state index contributed by atoms with van der Waals surface area (Å²) in [6.45, 7) is 1.72. The van der Waals surface area contributed by atoms with Gasteiger partial charge < -0.3 is 4.74 Å². The van der Waals surface area contributed by atoms with E-state index in [0.717, 1.165) is 0 Å². The number of aromatic nitrogens is 3. The number of nitrogens with zero attached hydrogens (tertiary/aromatic N) is 3. The number of sulfonamides is 1. The lowest BCUT2D eigenvalue weighted by Gasteiger charge is -2.15. The van der Waals surface area contributed by atoms with Crippen molar-refractivity contribution in [3.05, 3.63) is 81.1 Å². The molecule has 0 unspecified atom stereocenters. The summed E-state index contributed by atoms with van der Waals surface area (Å²) in [5.41, 5.74) is 0.740. The maximum Gasteiger partial charge on any atom is 0.264 e. The second-order valence-electron chi connectivity index (χ2n) is 6.79. The van der Waals surface area contributed by atoms with Crippen LogP contribution >= 0.6 is 15.9 Å². The molecule has 0 saturated carbocycles. The molecule has 4 rings (SSSR count). The van der Waals surface area contributed by atoms with E-state index >= 15 is 0 Å². The van der Waals surface area contributed by atoms with Crippen LogP contribution in [0.25, 0.3) is 16.6 Å². The van der Waals surface area contributed by atoms with Gasteiger partial charge in [0.2, 0.25) is 5.95 Å². The van der Waals surface area contributed by atoms with Crippen molar-refractivity contribution < 1.29 is 17.5 Å². The minimum Gasteiger partial charge on any atom is -0.495 e. The zero-order valence-electron chi connectivity index (χ0n) is 16.8. The molecule has 11 heteroatoms. The number of fused-ring (bicyclic) bond motifs is 1. The van der Waals surface area contributed by atoms with Crippen LogP contribution in [-0.2, 0) is 10.0 Å². The van der Waals surface area contributed by atoms with E-state index < -0.39 is 21.4 Å². The zero-order valence-corrected chi connectivity index (χ0v) is 19.2. The molecular weight excluding hydrogens is 503 g/mol. The molecule has 0 atom stereocenters. The number of benzene rings is 2. The van der Waals surface area contributed by atoms with E-state index in [9.17, 15) is 17.6 Å². The highest BCUT2D eigenvalue weighted by Crippen LogP contribution is 2.31. The Bertz CT molecular complexity index is 1520. The van der Waals surface area contributed by atoms with E-state index in [1.807, 2.05) is 0 Å². The molecule has 0 spiro atoms. The van der Waals surface area contributed by atoms with Gasteiger partial charge in [-0.15, -0.1) is 0 Å². The predicted octanol–water partition coefficient (Wildman–Crippen LogP) is 3.80. The van der Waals surface area contributed by atoms with Gasteiger partial charge in [0.1, 0.15) is 11.6 Å². The Morgan fingerprint density at radius 2 is 1.91 bits per heavy atom. The van der Waals surface area contributed by atoms with Gasteiger partial charge in [-0.2, -0.15) is 0 Å². The first-order chi connectivity index (χ1) is 15.2. The highest BCUT2D eigenvalue weighted by molar-refractivity contribution is 9.10. The summed E-state index contributed by atoms with van der Waals surface area (Å²) in [5.74, 6) is -0.362. The molecule has 4 aromatic rings.